The van der Waals surface area contributed by atoms with E-state index in [0.29, 0.717) is 36.6 Å². The van der Waals surface area contributed by atoms with Gasteiger partial charge in [0.1, 0.15) is 17.2 Å². The zero-order valence-corrected chi connectivity index (χ0v) is 15.7. The molecule has 0 aliphatic heterocycles. The zero-order valence-electron chi connectivity index (χ0n) is 15.7. The van der Waals surface area contributed by atoms with E-state index in [-0.39, 0.29) is 11.8 Å². The van der Waals surface area contributed by atoms with E-state index in [1.54, 1.807) is 25.3 Å². The van der Waals surface area contributed by atoms with Crippen LogP contribution in [0.4, 0.5) is 11.4 Å². The van der Waals surface area contributed by atoms with E-state index < -0.39 is 0 Å². The molecule has 0 fully saturated rings. The second-order valence-corrected chi connectivity index (χ2v) is 5.77. The number of rotatable bonds is 9. The maximum Gasteiger partial charge on any atom is 0.224 e. The molecule has 2 N–H and O–H groups in total. The summed E-state index contributed by atoms with van der Waals surface area (Å²) in [5.41, 5.74) is 1.09. The number of hydrogen-bond acceptors (Lipinski definition) is 5. The Morgan fingerprint density at radius 3 is 2.26 bits per heavy atom. The van der Waals surface area contributed by atoms with Crippen LogP contribution < -0.4 is 24.8 Å². The summed E-state index contributed by atoms with van der Waals surface area (Å²) in [5, 5.41) is 5.48. The highest BCUT2D eigenvalue weighted by Gasteiger charge is 2.09. The Hall–Kier alpha value is -3.22. The van der Waals surface area contributed by atoms with Gasteiger partial charge >= 0.3 is 0 Å². The lowest BCUT2D eigenvalue weighted by Crippen LogP contribution is -2.14. The number of carbonyl (C=O) groups excluding carboxylic acids is 2. The van der Waals surface area contributed by atoms with Gasteiger partial charge in [0.15, 0.2) is 0 Å². The van der Waals surface area contributed by atoms with E-state index in [4.69, 9.17) is 14.2 Å². The van der Waals surface area contributed by atoms with Crippen LogP contribution >= 0.6 is 0 Å². The summed E-state index contributed by atoms with van der Waals surface area (Å²) in [6, 6.07) is 12.3. The molecule has 0 unspecified atom stereocenters. The Morgan fingerprint density at radius 2 is 1.63 bits per heavy atom. The first-order valence-corrected chi connectivity index (χ1v) is 8.54. The Labute approximate surface area is 158 Å². The van der Waals surface area contributed by atoms with Gasteiger partial charge in [-0.2, -0.15) is 0 Å². The molecule has 2 aromatic carbocycles. The Bertz CT molecular complexity index is 774. The monoisotopic (exact) mass is 372 g/mol. The van der Waals surface area contributed by atoms with Gasteiger partial charge in [-0.05, 0) is 48.9 Å². The summed E-state index contributed by atoms with van der Waals surface area (Å²) in [5.74, 6) is 1.66. The standard InChI is InChI=1S/C20H24N2O5/c1-14(23)21-15-6-11-19(26-3)18(13-15)22-20(24)5-4-12-27-17-9-7-16(25-2)8-10-17/h6-11,13H,4-5,12H2,1-3H3,(H,21,23)(H,22,24). The van der Waals surface area contributed by atoms with Crippen molar-refractivity contribution in [1.29, 1.82) is 0 Å². The van der Waals surface area contributed by atoms with Gasteiger partial charge < -0.3 is 24.8 Å². The second-order valence-electron chi connectivity index (χ2n) is 5.77. The van der Waals surface area contributed by atoms with Crippen molar-refractivity contribution in [2.24, 2.45) is 0 Å². The first-order chi connectivity index (χ1) is 13.0. The van der Waals surface area contributed by atoms with Crippen LogP contribution in [0.5, 0.6) is 17.2 Å². The van der Waals surface area contributed by atoms with Crippen molar-refractivity contribution in [3.05, 3.63) is 42.5 Å². The molecule has 7 heteroatoms. The Balaban J connectivity index is 1.83. The highest BCUT2D eigenvalue weighted by Crippen LogP contribution is 2.28. The third-order valence-electron chi connectivity index (χ3n) is 3.67. The predicted molar refractivity (Wildman–Crippen MR) is 104 cm³/mol. The molecular formula is C20H24N2O5. The number of benzene rings is 2. The summed E-state index contributed by atoms with van der Waals surface area (Å²) in [6.07, 6.45) is 0.856. The number of methoxy groups -OCH3 is 2. The van der Waals surface area contributed by atoms with Gasteiger partial charge in [0.05, 0.1) is 26.5 Å². The minimum Gasteiger partial charge on any atom is -0.497 e. The minimum atomic E-state index is -0.187. The van der Waals surface area contributed by atoms with Crippen molar-refractivity contribution in [2.75, 3.05) is 31.5 Å². The van der Waals surface area contributed by atoms with Crippen LogP contribution in [-0.4, -0.2) is 32.6 Å². The van der Waals surface area contributed by atoms with Crippen molar-refractivity contribution < 1.29 is 23.8 Å². The molecule has 0 saturated heterocycles. The fraction of sp³-hybridized carbons (Fsp3) is 0.300. The zero-order chi connectivity index (χ0) is 19.6. The average Bonchev–Trinajstić information content (AvgIpc) is 2.65. The van der Waals surface area contributed by atoms with Gasteiger partial charge in [-0.25, -0.2) is 0 Å². The van der Waals surface area contributed by atoms with Crippen LogP contribution in [-0.2, 0) is 9.59 Å². The molecule has 0 atom stereocenters. The van der Waals surface area contributed by atoms with Gasteiger partial charge in [-0.15, -0.1) is 0 Å². The number of nitrogens with one attached hydrogen (secondary N) is 2. The molecule has 0 aliphatic rings. The first kappa shape index (κ1) is 20.1. The summed E-state index contributed by atoms with van der Waals surface area (Å²) in [6.45, 7) is 1.84. The molecule has 144 valence electrons. The molecule has 0 aromatic heterocycles. The van der Waals surface area contributed by atoms with Gasteiger partial charge in [0.25, 0.3) is 0 Å². The van der Waals surface area contributed by atoms with Crippen molar-refractivity contribution in [1.82, 2.24) is 0 Å². The van der Waals surface area contributed by atoms with Crippen LogP contribution in [0.15, 0.2) is 42.5 Å². The molecule has 2 rings (SSSR count). The lowest BCUT2D eigenvalue weighted by Gasteiger charge is -2.12. The molecule has 0 aliphatic carbocycles. The maximum absolute atomic E-state index is 12.2. The molecule has 0 radical (unpaired) electrons. The molecule has 7 nitrogen and oxygen atoms in total. The number of carbonyl (C=O) groups is 2. The SMILES string of the molecule is COc1ccc(OCCCC(=O)Nc2cc(NC(C)=O)ccc2OC)cc1. The normalized spacial score (nSPS) is 10.0. The van der Waals surface area contributed by atoms with Gasteiger partial charge in [0, 0.05) is 19.0 Å². The van der Waals surface area contributed by atoms with E-state index in [1.165, 1.54) is 14.0 Å². The Morgan fingerprint density at radius 1 is 0.926 bits per heavy atom. The van der Waals surface area contributed by atoms with E-state index in [9.17, 15) is 9.59 Å². The van der Waals surface area contributed by atoms with E-state index >= 15 is 0 Å². The van der Waals surface area contributed by atoms with Crippen LogP contribution in [0.2, 0.25) is 0 Å². The Kier molecular flexibility index (Phi) is 7.49. The van der Waals surface area contributed by atoms with E-state index in [1.807, 2.05) is 24.3 Å². The molecule has 0 bridgehead atoms. The van der Waals surface area contributed by atoms with Crippen molar-refractivity contribution in [3.63, 3.8) is 0 Å². The summed E-state index contributed by atoms with van der Waals surface area (Å²) in [4.78, 5) is 23.4. The quantitative estimate of drug-likeness (QED) is 0.659. The van der Waals surface area contributed by atoms with Crippen LogP contribution in [0, 0.1) is 0 Å². The topological polar surface area (TPSA) is 85.9 Å². The molecule has 0 heterocycles. The molecule has 2 amide bonds. The second kappa shape index (κ2) is 10.1. The molecule has 2 aromatic rings. The maximum atomic E-state index is 12.2. The number of ether oxygens (including phenoxy) is 3. The van der Waals surface area contributed by atoms with Crippen molar-refractivity contribution >= 4 is 23.2 Å². The minimum absolute atomic E-state index is 0.161. The van der Waals surface area contributed by atoms with Gasteiger partial charge in [0.2, 0.25) is 11.8 Å². The third-order valence-corrected chi connectivity index (χ3v) is 3.67. The number of amides is 2. The van der Waals surface area contributed by atoms with E-state index in [0.717, 1.165) is 11.5 Å². The smallest absolute Gasteiger partial charge is 0.224 e. The largest absolute Gasteiger partial charge is 0.497 e. The summed E-state index contributed by atoms with van der Waals surface area (Å²) in [7, 11) is 3.13. The highest BCUT2D eigenvalue weighted by molar-refractivity contribution is 5.94. The predicted octanol–water partition coefficient (Wildman–Crippen LogP) is 3.46. The van der Waals surface area contributed by atoms with Crippen LogP contribution in [0.25, 0.3) is 0 Å². The first-order valence-electron chi connectivity index (χ1n) is 8.54. The molecule has 27 heavy (non-hydrogen) atoms. The molecule has 0 saturated carbocycles. The van der Waals surface area contributed by atoms with Gasteiger partial charge in [-0.3, -0.25) is 9.59 Å². The third kappa shape index (κ3) is 6.54. The summed E-state index contributed by atoms with van der Waals surface area (Å²) >= 11 is 0. The molecule has 0 spiro atoms. The van der Waals surface area contributed by atoms with Gasteiger partial charge in [-0.1, -0.05) is 0 Å². The average molecular weight is 372 g/mol. The highest BCUT2D eigenvalue weighted by atomic mass is 16.5. The fourth-order valence-electron chi connectivity index (χ4n) is 2.39. The summed E-state index contributed by atoms with van der Waals surface area (Å²) < 4.78 is 15.9. The number of anilines is 2. The lowest BCUT2D eigenvalue weighted by molar-refractivity contribution is -0.116. The fourth-order valence-corrected chi connectivity index (χ4v) is 2.39. The van der Waals surface area contributed by atoms with E-state index in [2.05, 4.69) is 10.6 Å². The van der Waals surface area contributed by atoms with Crippen LogP contribution in [0.3, 0.4) is 0 Å². The van der Waals surface area contributed by atoms with Crippen molar-refractivity contribution in [3.8, 4) is 17.2 Å². The number of hydrogen-bond donors (Lipinski definition) is 2. The van der Waals surface area contributed by atoms with Crippen molar-refractivity contribution in [2.45, 2.75) is 19.8 Å². The van der Waals surface area contributed by atoms with Crippen LogP contribution in [0.1, 0.15) is 19.8 Å². The lowest BCUT2D eigenvalue weighted by atomic mass is 10.2. The molecular weight excluding hydrogens is 348 g/mol.